The van der Waals surface area contributed by atoms with Gasteiger partial charge in [-0.15, -0.1) is 0 Å². The van der Waals surface area contributed by atoms with Crippen molar-refractivity contribution in [1.29, 1.82) is 0 Å². The Labute approximate surface area is 175 Å². The number of imide groups is 1. The fourth-order valence-electron chi connectivity index (χ4n) is 2.83. The minimum atomic E-state index is -5.89. The molecule has 0 spiro atoms. The predicted octanol–water partition coefficient (Wildman–Crippen LogP) is 3.08. The zero-order valence-corrected chi connectivity index (χ0v) is 16.8. The van der Waals surface area contributed by atoms with Crippen LogP contribution in [0.15, 0.2) is 60.7 Å². The molecule has 0 saturated carbocycles. The quantitative estimate of drug-likeness (QED) is 0.362. The third kappa shape index (κ3) is 4.94. The average molecular weight is 455 g/mol. The number of amides is 2. The van der Waals surface area contributed by atoms with E-state index in [1.165, 1.54) is 55.6 Å². The molecule has 0 N–H and O–H groups in total. The highest BCUT2D eigenvalue weighted by molar-refractivity contribution is 7.87. The molecular formula is C20H16F3NO6S. The Morgan fingerprint density at radius 3 is 1.84 bits per heavy atom. The molecule has 0 unspecified atom stereocenters. The van der Waals surface area contributed by atoms with Crippen molar-refractivity contribution in [2.45, 2.75) is 18.2 Å². The van der Waals surface area contributed by atoms with Gasteiger partial charge < -0.3 is 4.74 Å². The van der Waals surface area contributed by atoms with Gasteiger partial charge >= 0.3 is 15.6 Å². The highest BCUT2D eigenvalue weighted by Gasteiger charge is 2.49. The van der Waals surface area contributed by atoms with Gasteiger partial charge in [-0.05, 0) is 28.8 Å². The van der Waals surface area contributed by atoms with Crippen LogP contribution >= 0.6 is 0 Å². The molecule has 0 aromatic heterocycles. The lowest BCUT2D eigenvalue weighted by molar-refractivity contribution is -0.137. The van der Waals surface area contributed by atoms with Gasteiger partial charge in [-0.1, -0.05) is 36.4 Å². The third-order valence-electron chi connectivity index (χ3n) is 4.45. The summed E-state index contributed by atoms with van der Waals surface area (Å²) in [5.74, 6) is -0.542. The van der Waals surface area contributed by atoms with E-state index in [0.717, 1.165) is 17.1 Å². The lowest BCUT2D eigenvalue weighted by atomic mass is 10.00. The molecule has 0 fully saturated rings. The maximum absolute atomic E-state index is 12.9. The maximum Gasteiger partial charge on any atom is 0.523 e. The molecule has 0 saturated heterocycles. The summed E-state index contributed by atoms with van der Waals surface area (Å²) >= 11 is 0. The van der Waals surface area contributed by atoms with Crippen LogP contribution < -0.4 is 4.74 Å². The summed E-state index contributed by atoms with van der Waals surface area (Å²) in [7, 11) is -4.49. The van der Waals surface area contributed by atoms with Crippen molar-refractivity contribution in [3.63, 3.8) is 0 Å². The predicted molar refractivity (Wildman–Crippen MR) is 102 cm³/mol. The molecule has 1 aliphatic rings. The molecule has 2 aromatic carbocycles. The molecule has 0 bridgehead atoms. The van der Waals surface area contributed by atoms with Gasteiger partial charge in [0, 0.05) is 12.2 Å². The SMILES string of the molecule is COc1ccc([C@H](OS(=O)(=O)C(F)(F)F)c2ccc(CN3C(=O)C=CC3=O)cc2)cc1. The van der Waals surface area contributed by atoms with E-state index in [1.807, 2.05) is 0 Å². The topological polar surface area (TPSA) is 90.0 Å². The van der Waals surface area contributed by atoms with Crippen molar-refractivity contribution in [2.24, 2.45) is 0 Å². The van der Waals surface area contributed by atoms with Crippen molar-refractivity contribution in [2.75, 3.05) is 7.11 Å². The number of benzene rings is 2. The van der Waals surface area contributed by atoms with Crippen LogP contribution in [-0.2, 0) is 30.4 Å². The van der Waals surface area contributed by atoms with E-state index in [2.05, 4.69) is 4.18 Å². The Morgan fingerprint density at radius 2 is 1.39 bits per heavy atom. The smallest absolute Gasteiger partial charge is 0.497 e. The van der Waals surface area contributed by atoms with Crippen molar-refractivity contribution in [1.82, 2.24) is 4.90 Å². The van der Waals surface area contributed by atoms with Crippen LogP contribution in [0.5, 0.6) is 5.75 Å². The summed E-state index contributed by atoms with van der Waals surface area (Å²) in [6, 6.07) is 11.4. The Hall–Kier alpha value is -3.18. The normalized spacial score (nSPS) is 15.4. The van der Waals surface area contributed by atoms with E-state index in [9.17, 15) is 31.2 Å². The summed E-state index contributed by atoms with van der Waals surface area (Å²) < 4.78 is 71.5. The van der Waals surface area contributed by atoms with E-state index in [4.69, 9.17) is 4.74 Å². The van der Waals surface area contributed by atoms with Gasteiger partial charge in [0.05, 0.1) is 13.7 Å². The van der Waals surface area contributed by atoms with Crippen molar-refractivity contribution >= 4 is 21.9 Å². The second-order valence-electron chi connectivity index (χ2n) is 6.49. The Morgan fingerprint density at radius 1 is 0.903 bits per heavy atom. The first-order chi connectivity index (χ1) is 14.5. The van der Waals surface area contributed by atoms with E-state index in [-0.39, 0.29) is 17.7 Å². The van der Waals surface area contributed by atoms with Gasteiger partial charge in [0.25, 0.3) is 11.8 Å². The molecule has 2 amide bonds. The van der Waals surface area contributed by atoms with Crippen LogP contribution in [-0.4, -0.2) is 37.8 Å². The maximum atomic E-state index is 12.9. The molecule has 3 rings (SSSR count). The summed E-state index contributed by atoms with van der Waals surface area (Å²) in [6.45, 7) is -0.0418. The number of rotatable bonds is 7. The summed E-state index contributed by atoms with van der Waals surface area (Å²) in [5.41, 5.74) is -4.81. The van der Waals surface area contributed by atoms with Crippen LogP contribution in [0.3, 0.4) is 0 Å². The molecule has 7 nitrogen and oxygen atoms in total. The highest BCUT2D eigenvalue weighted by atomic mass is 32.2. The second kappa shape index (κ2) is 8.52. The minimum absolute atomic E-state index is 0.0418. The number of halogens is 3. The Kier molecular flexibility index (Phi) is 6.18. The van der Waals surface area contributed by atoms with Crippen LogP contribution in [0.25, 0.3) is 0 Å². The number of hydrogen-bond donors (Lipinski definition) is 0. The molecule has 2 aromatic rings. The fourth-order valence-corrected chi connectivity index (χ4v) is 3.42. The summed E-state index contributed by atoms with van der Waals surface area (Å²) in [4.78, 5) is 24.3. The van der Waals surface area contributed by atoms with Crippen LogP contribution in [0, 0.1) is 0 Å². The van der Waals surface area contributed by atoms with Crippen LogP contribution in [0.1, 0.15) is 22.8 Å². The summed E-state index contributed by atoms with van der Waals surface area (Å²) in [6.07, 6.45) is 0.682. The van der Waals surface area contributed by atoms with Crippen LogP contribution in [0.2, 0.25) is 0 Å². The molecule has 1 aliphatic heterocycles. The van der Waals surface area contributed by atoms with Gasteiger partial charge in [-0.25, -0.2) is 0 Å². The zero-order valence-electron chi connectivity index (χ0n) is 16.0. The van der Waals surface area contributed by atoms with Crippen molar-refractivity contribution < 1.29 is 40.1 Å². The molecule has 1 atom stereocenters. The van der Waals surface area contributed by atoms with Crippen molar-refractivity contribution in [3.8, 4) is 5.75 Å². The third-order valence-corrected chi connectivity index (χ3v) is 5.46. The molecule has 0 radical (unpaired) electrons. The first-order valence-corrected chi connectivity index (χ1v) is 10.2. The van der Waals surface area contributed by atoms with E-state index in [1.54, 1.807) is 0 Å². The van der Waals surface area contributed by atoms with E-state index >= 15 is 0 Å². The lowest BCUT2D eigenvalue weighted by Gasteiger charge is -2.20. The fraction of sp³-hybridized carbons (Fsp3) is 0.200. The molecule has 11 heteroatoms. The number of carbonyl (C=O) groups is 2. The Balaban J connectivity index is 1.91. The average Bonchev–Trinajstić information content (AvgIpc) is 3.04. The monoisotopic (exact) mass is 455 g/mol. The molecule has 31 heavy (non-hydrogen) atoms. The highest BCUT2D eigenvalue weighted by Crippen LogP contribution is 2.35. The van der Waals surface area contributed by atoms with Gasteiger partial charge in [-0.3, -0.25) is 18.7 Å². The van der Waals surface area contributed by atoms with E-state index < -0.39 is 33.5 Å². The standard InChI is InChI=1S/C20H16F3NO6S/c1-29-16-8-6-15(7-9-16)19(30-31(27,28)20(21,22)23)14-4-2-13(3-5-14)12-24-17(25)10-11-18(24)26/h2-11,19H,12H2,1H3/t19-/m1/s1. The number of hydrogen-bond acceptors (Lipinski definition) is 6. The van der Waals surface area contributed by atoms with Crippen molar-refractivity contribution in [3.05, 3.63) is 77.4 Å². The molecule has 0 aliphatic carbocycles. The van der Waals surface area contributed by atoms with E-state index in [0.29, 0.717) is 11.3 Å². The van der Waals surface area contributed by atoms with Crippen LogP contribution in [0.4, 0.5) is 13.2 Å². The number of ether oxygens (including phenoxy) is 1. The number of methoxy groups -OCH3 is 1. The summed E-state index contributed by atoms with van der Waals surface area (Å²) in [5, 5.41) is 0. The van der Waals surface area contributed by atoms with Gasteiger partial charge in [0.2, 0.25) is 0 Å². The van der Waals surface area contributed by atoms with Gasteiger partial charge in [0.15, 0.2) is 0 Å². The molecule has 164 valence electrons. The molecule has 1 heterocycles. The zero-order chi connectivity index (χ0) is 22.8. The first kappa shape index (κ1) is 22.5. The van der Waals surface area contributed by atoms with Gasteiger partial charge in [-0.2, -0.15) is 21.6 Å². The first-order valence-electron chi connectivity index (χ1n) is 8.78. The van der Waals surface area contributed by atoms with Gasteiger partial charge in [0.1, 0.15) is 11.9 Å². The molecular weight excluding hydrogens is 439 g/mol. The largest absolute Gasteiger partial charge is 0.523 e. The lowest BCUT2D eigenvalue weighted by Crippen LogP contribution is -2.29. The Bertz CT molecular complexity index is 1090. The number of alkyl halides is 3. The number of nitrogens with zero attached hydrogens (tertiary/aromatic N) is 1. The second-order valence-corrected chi connectivity index (χ2v) is 8.05. The minimum Gasteiger partial charge on any atom is -0.497 e. The number of carbonyl (C=O) groups excluding carboxylic acids is 2.